The second-order valence-corrected chi connectivity index (χ2v) is 4.23. The Morgan fingerprint density at radius 2 is 0.882 bits per heavy atom. The van der Waals surface area contributed by atoms with Crippen LogP contribution >= 0.6 is 0 Å². The summed E-state index contributed by atoms with van der Waals surface area (Å²) in [5, 5.41) is 3.32. The first-order valence-corrected chi connectivity index (χ1v) is 4.96. The van der Waals surface area contributed by atoms with Crippen LogP contribution in [0, 0.1) is 0 Å². The van der Waals surface area contributed by atoms with E-state index in [2.05, 4.69) is 0 Å². The Bertz CT molecular complexity index is 239. The number of hydrogen-bond acceptors (Lipinski definition) is 8. The molecule has 17 heavy (non-hydrogen) atoms. The fraction of sp³-hybridized carbons (Fsp3) is 1.00. The molecule has 1 rings (SSSR count). The number of hydroxylamine groups is 14. The highest BCUT2D eigenvalue weighted by atomic mass is 17.3. The molecule has 0 N–H and O–H groups in total. The van der Waals surface area contributed by atoms with Crippen LogP contribution in [0.3, 0.4) is 0 Å². The minimum absolute atomic E-state index is 0.291. The fourth-order valence-electron chi connectivity index (χ4n) is 1.34. The summed E-state index contributed by atoms with van der Waals surface area (Å²) in [7, 11) is 11.3. The van der Waals surface area contributed by atoms with E-state index in [9.17, 15) is 0 Å². The summed E-state index contributed by atoms with van der Waals surface area (Å²) in [4.78, 5) is 25.9. The molecule has 1 aliphatic rings. The van der Waals surface area contributed by atoms with E-state index in [-0.39, 0.29) is 9.62 Å². The molecule has 0 aromatic rings. The molecule has 0 aromatic carbocycles. The molecule has 10 nitrogen and oxygen atoms in total. The van der Waals surface area contributed by atoms with Gasteiger partial charge in [-0.3, -0.25) is 0 Å². The predicted molar refractivity (Wildman–Crippen MR) is 52.9 cm³/mol. The van der Waals surface area contributed by atoms with Gasteiger partial charge in [0.05, 0.1) is 7.05 Å². The molecule has 0 radical (unpaired) electrons. The molecular weight excluding hydrogens is 234 g/mol. The predicted octanol–water partition coefficient (Wildman–Crippen LogP) is -0.819. The topological polar surface area (TPSA) is 55.9 Å². The van der Waals surface area contributed by atoms with Crippen LogP contribution in [0.5, 0.6) is 0 Å². The van der Waals surface area contributed by atoms with Crippen molar-refractivity contribution >= 4 is 0 Å². The zero-order chi connectivity index (χ0) is 13.3. The lowest BCUT2D eigenvalue weighted by atomic mass is 11.2. The Hall–Kier alpha value is -0.400. The van der Waals surface area contributed by atoms with Crippen molar-refractivity contribution in [1.82, 2.24) is 15.7 Å². The molecule has 0 unspecified atom stereocenters. The van der Waals surface area contributed by atoms with E-state index in [1.807, 2.05) is 0 Å². The Morgan fingerprint density at radius 1 is 0.588 bits per heavy atom. The number of nitrogens with zero attached hydrogens (tertiary/aromatic N) is 5. The molecule has 0 amide bonds. The summed E-state index contributed by atoms with van der Waals surface area (Å²) < 4.78 is 0. The van der Waals surface area contributed by atoms with Gasteiger partial charge in [0.2, 0.25) is 0 Å². The number of rotatable bonds is 0. The monoisotopic (exact) mass is 255 g/mol. The van der Waals surface area contributed by atoms with Gasteiger partial charge in [0, 0.05) is 29.8 Å². The van der Waals surface area contributed by atoms with Crippen LogP contribution in [-0.2, 0) is 24.7 Å². The molecular formula is C7H21N5O5+2. The van der Waals surface area contributed by atoms with E-state index in [1.54, 1.807) is 49.3 Å². The first kappa shape index (κ1) is 14.7. The molecule has 1 aliphatic heterocycles. The van der Waals surface area contributed by atoms with Crippen LogP contribution in [0.15, 0.2) is 0 Å². The maximum absolute atomic E-state index is 5.35. The third-order valence-corrected chi connectivity index (χ3v) is 1.48. The van der Waals surface area contributed by atoms with Gasteiger partial charge in [-0.05, 0) is 29.4 Å². The van der Waals surface area contributed by atoms with Crippen LogP contribution in [0.4, 0.5) is 0 Å². The zero-order valence-electron chi connectivity index (χ0n) is 11.3. The zero-order valence-corrected chi connectivity index (χ0v) is 11.3. The van der Waals surface area contributed by atoms with Crippen LogP contribution < -0.4 is 0 Å². The Kier molecular flexibility index (Phi) is 4.38. The van der Waals surface area contributed by atoms with Gasteiger partial charge < -0.3 is 0 Å². The largest absolute Gasteiger partial charge is 0.147 e. The van der Waals surface area contributed by atoms with Gasteiger partial charge in [-0.1, -0.05) is 0 Å². The quantitative estimate of drug-likeness (QED) is 0.521. The fourth-order valence-corrected chi connectivity index (χ4v) is 1.34. The van der Waals surface area contributed by atoms with E-state index in [0.29, 0.717) is 0 Å². The first-order chi connectivity index (χ1) is 7.60. The van der Waals surface area contributed by atoms with Crippen molar-refractivity contribution < 1.29 is 34.3 Å². The normalized spacial score (nSPS) is 29.1. The van der Waals surface area contributed by atoms with Gasteiger partial charge in [0.25, 0.3) is 0 Å². The highest BCUT2D eigenvalue weighted by molar-refractivity contribution is 3.93. The molecule has 0 aliphatic carbocycles. The number of quaternary nitrogens is 2. The first-order valence-electron chi connectivity index (χ1n) is 4.96. The molecule has 0 saturated carbocycles. The van der Waals surface area contributed by atoms with Crippen LogP contribution in [0.2, 0.25) is 0 Å². The lowest BCUT2D eigenvalue weighted by Crippen LogP contribution is -2.56. The summed E-state index contributed by atoms with van der Waals surface area (Å²) in [5.41, 5.74) is 0. The van der Waals surface area contributed by atoms with Gasteiger partial charge in [0.15, 0.2) is 0 Å². The smallest absolute Gasteiger partial charge is 0.136 e. The Morgan fingerprint density at radius 3 is 1.24 bits per heavy atom. The summed E-state index contributed by atoms with van der Waals surface area (Å²) in [6.45, 7) is 0. The summed E-state index contributed by atoms with van der Waals surface area (Å²) in [6, 6.07) is 0. The van der Waals surface area contributed by atoms with Crippen molar-refractivity contribution in [3.05, 3.63) is 0 Å². The van der Waals surface area contributed by atoms with E-state index < -0.39 is 0 Å². The van der Waals surface area contributed by atoms with Gasteiger partial charge in [-0.2, -0.15) is 0 Å². The molecule has 0 aromatic heterocycles. The van der Waals surface area contributed by atoms with Crippen molar-refractivity contribution in [2.24, 2.45) is 0 Å². The second-order valence-electron chi connectivity index (χ2n) is 4.23. The standard InChI is InChI=1S/C7H21N5O5/c1-8-13-9(2)15-12(6,7)17-10(3)16-11(4,5)14-8/h1-7H3/q+2. The molecule has 1 saturated heterocycles. The van der Waals surface area contributed by atoms with Gasteiger partial charge in [0.1, 0.15) is 28.2 Å². The lowest BCUT2D eigenvalue weighted by molar-refractivity contribution is -1.33. The molecule has 0 spiro atoms. The van der Waals surface area contributed by atoms with Crippen molar-refractivity contribution in [2.45, 2.75) is 0 Å². The third kappa shape index (κ3) is 5.18. The molecule has 1 heterocycles. The maximum atomic E-state index is 5.35. The highest BCUT2D eigenvalue weighted by Gasteiger charge is 2.36. The van der Waals surface area contributed by atoms with Crippen molar-refractivity contribution in [2.75, 3.05) is 49.3 Å². The van der Waals surface area contributed by atoms with Gasteiger partial charge in [-0.15, -0.1) is 4.94 Å². The van der Waals surface area contributed by atoms with E-state index in [1.165, 1.54) is 0 Å². The summed E-state index contributed by atoms with van der Waals surface area (Å²) in [6.07, 6.45) is 0. The van der Waals surface area contributed by atoms with Crippen LogP contribution in [-0.4, -0.2) is 74.6 Å². The van der Waals surface area contributed by atoms with Crippen molar-refractivity contribution in [3.8, 4) is 0 Å². The Balaban J connectivity index is 2.79. The van der Waals surface area contributed by atoms with E-state index in [0.717, 1.165) is 15.7 Å². The number of hydrogen-bond donors (Lipinski definition) is 0. The van der Waals surface area contributed by atoms with Gasteiger partial charge >= 0.3 is 0 Å². The molecule has 10 heteroatoms. The van der Waals surface area contributed by atoms with Crippen molar-refractivity contribution in [1.29, 1.82) is 0 Å². The minimum Gasteiger partial charge on any atom is -0.147 e. The average molecular weight is 255 g/mol. The van der Waals surface area contributed by atoms with Gasteiger partial charge in [-0.25, -0.2) is 0 Å². The second kappa shape index (κ2) is 5.07. The molecule has 0 bridgehead atoms. The minimum atomic E-state index is -0.291. The molecule has 1 fully saturated rings. The highest BCUT2D eigenvalue weighted by Crippen LogP contribution is 2.14. The SMILES string of the molecule is CN1ON(C)O[N+](C)(C)ON(C)O[N+](C)(C)O1. The molecule has 102 valence electrons. The summed E-state index contributed by atoms with van der Waals surface area (Å²) in [5.74, 6) is 0. The average Bonchev–Trinajstić information content (AvgIpc) is 1.93. The van der Waals surface area contributed by atoms with E-state index in [4.69, 9.17) is 24.7 Å². The maximum Gasteiger partial charge on any atom is 0.136 e. The van der Waals surface area contributed by atoms with Crippen molar-refractivity contribution in [3.63, 3.8) is 0 Å². The third-order valence-electron chi connectivity index (χ3n) is 1.48. The van der Waals surface area contributed by atoms with Crippen LogP contribution in [0.25, 0.3) is 0 Å². The van der Waals surface area contributed by atoms with Crippen LogP contribution in [0.1, 0.15) is 0 Å². The lowest BCUT2D eigenvalue weighted by Gasteiger charge is -2.34. The Labute approximate surface area is 100 Å². The van der Waals surface area contributed by atoms with E-state index >= 15 is 0 Å². The molecule has 0 atom stereocenters. The summed E-state index contributed by atoms with van der Waals surface area (Å²) >= 11 is 0.